The molecule has 5 nitrogen and oxygen atoms in total. The van der Waals surface area contributed by atoms with E-state index in [0.29, 0.717) is 0 Å². The van der Waals surface area contributed by atoms with Crippen LogP contribution in [0, 0.1) is 0 Å². The van der Waals surface area contributed by atoms with Gasteiger partial charge in [0, 0.05) is 38.0 Å². The standard InChI is InChI=1S/C34H21N3O2/c38-27-9-3-5-19-11-13-21-15-17-25(36-32(21)29(19)27)31-23-7-1-2-8-24(23)35-34(31)26-18-16-22-14-12-20-6-4-10-28(39)30(20)33(22)37-26/h1-18,35,38-39H. The summed E-state index contributed by atoms with van der Waals surface area (Å²) in [5.41, 5.74) is 5.81. The normalized spacial score (nSPS) is 11.8. The Kier molecular flexibility index (Phi) is 4.46. The number of fused-ring (bicyclic) bond motifs is 7. The van der Waals surface area contributed by atoms with Crippen molar-refractivity contribution in [3.8, 4) is 34.1 Å². The highest BCUT2D eigenvalue weighted by atomic mass is 16.3. The van der Waals surface area contributed by atoms with Crippen molar-refractivity contribution in [1.82, 2.24) is 15.0 Å². The van der Waals surface area contributed by atoms with Crippen LogP contribution in [0.15, 0.2) is 109 Å². The van der Waals surface area contributed by atoms with E-state index in [9.17, 15) is 10.2 Å². The zero-order valence-corrected chi connectivity index (χ0v) is 20.7. The number of hydrogen-bond donors (Lipinski definition) is 3. The van der Waals surface area contributed by atoms with Crippen LogP contribution in [0.4, 0.5) is 0 Å². The molecule has 0 fully saturated rings. The van der Waals surface area contributed by atoms with Crippen LogP contribution >= 0.6 is 0 Å². The maximum absolute atomic E-state index is 10.7. The Bertz CT molecular complexity index is 2270. The van der Waals surface area contributed by atoms with E-state index in [2.05, 4.69) is 17.1 Å². The molecule has 3 N–H and O–H groups in total. The lowest BCUT2D eigenvalue weighted by Crippen LogP contribution is -1.92. The van der Waals surface area contributed by atoms with E-state index in [-0.39, 0.29) is 11.5 Å². The van der Waals surface area contributed by atoms with Gasteiger partial charge in [0.25, 0.3) is 0 Å². The van der Waals surface area contributed by atoms with Crippen molar-refractivity contribution >= 4 is 54.3 Å². The van der Waals surface area contributed by atoms with Gasteiger partial charge in [-0.05, 0) is 41.1 Å². The molecular formula is C34H21N3O2. The molecule has 0 atom stereocenters. The minimum atomic E-state index is 0.211. The Morgan fingerprint density at radius 3 is 1.69 bits per heavy atom. The van der Waals surface area contributed by atoms with Crippen molar-refractivity contribution in [1.29, 1.82) is 0 Å². The molecule has 184 valence electrons. The maximum Gasteiger partial charge on any atom is 0.125 e. The summed E-state index contributed by atoms with van der Waals surface area (Å²) in [6, 6.07) is 35.4. The van der Waals surface area contributed by atoms with Crippen LogP contribution < -0.4 is 0 Å². The molecule has 5 heteroatoms. The van der Waals surface area contributed by atoms with Gasteiger partial charge in [0.1, 0.15) is 11.5 Å². The van der Waals surface area contributed by atoms with E-state index in [1.165, 1.54) is 0 Å². The number of benzene rings is 5. The molecule has 3 aromatic heterocycles. The number of phenols is 2. The number of pyridine rings is 2. The van der Waals surface area contributed by atoms with E-state index < -0.39 is 0 Å². The number of rotatable bonds is 2. The molecule has 0 aliphatic rings. The highest BCUT2D eigenvalue weighted by Gasteiger charge is 2.19. The van der Waals surface area contributed by atoms with Crippen molar-refractivity contribution in [2.45, 2.75) is 0 Å². The average Bonchev–Trinajstić information content (AvgIpc) is 3.36. The molecule has 0 radical (unpaired) electrons. The van der Waals surface area contributed by atoms with Crippen LogP contribution in [0.5, 0.6) is 11.5 Å². The fourth-order valence-electron chi connectivity index (χ4n) is 5.76. The van der Waals surface area contributed by atoms with E-state index >= 15 is 0 Å². The summed E-state index contributed by atoms with van der Waals surface area (Å²) in [4.78, 5) is 13.8. The number of phenolic OH excluding ortho intramolecular Hbond substituents is 2. The van der Waals surface area contributed by atoms with Gasteiger partial charge in [-0.15, -0.1) is 0 Å². The number of nitrogens with zero attached hydrogens (tertiary/aromatic N) is 2. The smallest absolute Gasteiger partial charge is 0.125 e. The highest BCUT2D eigenvalue weighted by molar-refractivity contribution is 6.11. The fourth-order valence-corrected chi connectivity index (χ4v) is 5.76. The van der Waals surface area contributed by atoms with Gasteiger partial charge in [-0.2, -0.15) is 0 Å². The first-order chi connectivity index (χ1) is 19.2. The van der Waals surface area contributed by atoms with Crippen molar-refractivity contribution in [3.63, 3.8) is 0 Å². The second kappa shape index (κ2) is 8.04. The van der Waals surface area contributed by atoms with Gasteiger partial charge >= 0.3 is 0 Å². The summed E-state index contributed by atoms with van der Waals surface area (Å²) in [6.45, 7) is 0. The summed E-state index contributed by atoms with van der Waals surface area (Å²) in [7, 11) is 0. The predicted octanol–water partition coefficient (Wildman–Crippen LogP) is 8.32. The van der Waals surface area contributed by atoms with E-state index in [0.717, 1.165) is 76.9 Å². The third-order valence-corrected chi connectivity index (χ3v) is 7.58. The summed E-state index contributed by atoms with van der Waals surface area (Å²) >= 11 is 0. The zero-order valence-electron chi connectivity index (χ0n) is 20.7. The van der Waals surface area contributed by atoms with Gasteiger partial charge in [0.05, 0.1) is 28.1 Å². The Balaban J connectivity index is 1.44. The second-order valence-electron chi connectivity index (χ2n) is 9.84. The molecule has 0 spiro atoms. The third-order valence-electron chi connectivity index (χ3n) is 7.58. The van der Waals surface area contributed by atoms with Gasteiger partial charge in [-0.3, -0.25) is 0 Å². The Labute approximate surface area is 222 Å². The van der Waals surface area contributed by atoms with Crippen molar-refractivity contribution < 1.29 is 10.2 Å². The highest BCUT2D eigenvalue weighted by Crippen LogP contribution is 2.40. The second-order valence-corrected chi connectivity index (χ2v) is 9.84. The third kappa shape index (κ3) is 3.20. The first-order valence-corrected chi connectivity index (χ1v) is 12.8. The first-order valence-electron chi connectivity index (χ1n) is 12.8. The molecule has 8 aromatic rings. The largest absolute Gasteiger partial charge is 0.507 e. The molecule has 0 saturated carbocycles. The lowest BCUT2D eigenvalue weighted by atomic mass is 10.0. The maximum atomic E-state index is 10.7. The number of aromatic amines is 1. The molecule has 0 saturated heterocycles. The lowest BCUT2D eigenvalue weighted by molar-refractivity contribution is 0.481. The molecule has 0 unspecified atom stereocenters. The summed E-state index contributed by atoms with van der Waals surface area (Å²) in [5, 5.41) is 27.7. The minimum Gasteiger partial charge on any atom is -0.507 e. The summed E-state index contributed by atoms with van der Waals surface area (Å²) in [5.74, 6) is 0.423. The van der Waals surface area contributed by atoms with Gasteiger partial charge in [-0.1, -0.05) is 78.9 Å². The average molecular weight is 504 g/mol. The number of para-hydroxylation sites is 1. The van der Waals surface area contributed by atoms with Crippen molar-refractivity contribution in [2.75, 3.05) is 0 Å². The van der Waals surface area contributed by atoms with Gasteiger partial charge in [0.2, 0.25) is 0 Å². The van der Waals surface area contributed by atoms with Crippen LogP contribution in [0.2, 0.25) is 0 Å². The Morgan fingerprint density at radius 1 is 0.487 bits per heavy atom. The number of aromatic nitrogens is 3. The topological polar surface area (TPSA) is 82.0 Å². The lowest BCUT2D eigenvalue weighted by Gasteiger charge is -2.10. The summed E-state index contributed by atoms with van der Waals surface area (Å²) < 4.78 is 0. The van der Waals surface area contributed by atoms with E-state index in [1.807, 2.05) is 84.9 Å². The van der Waals surface area contributed by atoms with Crippen LogP contribution in [0.25, 0.3) is 76.9 Å². The molecule has 39 heavy (non-hydrogen) atoms. The van der Waals surface area contributed by atoms with E-state index in [4.69, 9.17) is 9.97 Å². The molecule has 3 heterocycles. The number of H-pyrrole nitrogens is 1. The summed E-state index contributed by atoms with van der Waals surface area (Å²) in [6.07, 6.45) is 0. The monoisotopic (exact) mass is 503 g/mol. The van der Waals surface area contributed by atoms with Crippen LogP contribution in [-0.4, -0.2) is 25.2 Å². The molecular weight excluding hydrogens is 482 g/mol. The SMILES string of the molecule is Oc1cccc2ccc3ccc(-c4[nH]c5ccccc5c4-c4ccc5ccc6cccc(O)c6c5n4)nc3c12. The number of aromatic hydroxyl groups is 2. The minimum absolute atomic E-state index is 0.211. The van der Waals surface area contributed by atoms with Crippen molar-refractivity contribution in [2.24, 2.45) is 0 Å². The fraction of sp³-hybridized carbons (Fsp3) is 0. The first kappa shape index (κ1) is 21.6. The van der Waals surface area contributed by atoms with Crippen LogP contribution in [-0.2, 0) is 0 Å². The van der Waals surface area contributed by atoms with Gasteiger partial charge in [0.15, 0.2) is 0 Å². The number of hydrogen-bond acceptors (Lipinski definition) is 4. The predicted molar refractivity (Wildman–Crippen MR) is 158 cm³/mol. The molecule has 0 aliphatic heterocycles. The quantitative estimate of drug-likeness (QED) is 0.207. The number of nitrogens with one attached hydrogen (secondary N) is 1. The van der Waals surface area contributed by atoms with Crippen LogP contribution in [0.1, 0.15) is 0 Å². The van der Waals surface area contributed by atoms with Gasteiger partial charge < -0.3 is 15.2 Å². The van der Waals surface area contributed by atoms with Crippen molar-refractivity contribution in [3.05, 3.63) is 109 Å². The van der Waals surface area contributed by atoms with Gasteiger partial charge in [-0.25, -0.2) is 9.97 Å². The van der Waals surface area contributed by atoms with E-state index in [1.54, 1.807) is 12.1 Å². The van der Waals surface area contributed by atoms with Crippen LogP contribution in [0.3, 0.4) is 0 Å². The Morgan fingerprint density at radius 2 is 1.03 bits per heavy atom. The molecule has 8 rings (SSSR count). The zero-order chi connectivity index (χ0) is 26.1. The molecule has 5 aromatic carbocycles. The molecule has 0 amide bonds. The molecule has 0 aliphatic carbocycles. The Hall–Kier alpha value is -5.42. The molecule has 0 bridgehead atoms.